The van der Waals surface area contributed by atoms with Gasteiger partial charge in [-0.05, 0) is 24.8 Å². The highest BCUT2D eigenvalue weighted by Crippen LogP contribution is 2.07. The molecule has 1 unspecified atom stereocenters. The third kappa shape index (κ3) is 4.44. The Bertz CT molecular complexity index is 306. The molecule has 0 radical (unpaired) electrons. The minimum absolute atomic E-state index is 0.261. The number of rotatable bonds is 7. The number of nitrogens with zero attached hydrogens (tertiary/aromatic N) is 2. The number of aliphatic hydroxyl groups excluding tert-OH is 1. The molecule has 3 N–H and O–H groups in total. The lowest BCUT2D eigenvalue weighted by molar-refractivity contribution is 0.229. The van der Waals surface area contributed by atoms with Crippen LogP contribution in [-0.4, -0.2) is 35.3 Å². The molecule has 0 fully saturated rings. The molecule has 0 aliphatic rings. The Kier molecular flexibility index (Phi) is 5.56. The quantitative estimate of drug-likeness (QED) is 0.610. The van der Waals surface area contributed by atoms with Crippen molar-refractivity contribution in [2.24, 2.45) is 5.92 Å². The van der Waals surface area contributed by atoms with Crippen LogP contribution >= 0.6 is 0 Å². The Labute approximate surface area is 96.3 Å². The molecule has 1 heterocycles. The molecule has 0 amide bonds. The van der Waals surface area contributed by atoms with Gasteiger partial charge >= 0.3 is 0 Å². The molecular formula is C11H20N4O. The van der Waals surface area contributed by atoms with Crippen LogP contribution in [0, 0.1) is 5.92 Å². The largest absolute Gasteiger partial charge is 0.396 e. The fourth-order valence-electron chi connectivity index (χ4n) is 1.34. The van der Waals surface area contributed by atoms with Crippen molar-refractivity contribution in [1.82, 2.24) is 9.97 Å². The normalized spacial score (nSPS) is 12.2. The van der Waals surface area contributed by atoms with E-state index in [1.165, 1.54) is 0 Å². The van der Waals surface area contributed by atoms with Crippen LogP contribution in [0.4, 0.5) is 11.8 Å². The number of nitrogens with one attached hydrogen (secondary N) is 2. The highest BCUT2D eigenvalue weighted by molar-refractivity contribution is 5.38. The number of anilines is 2. The third-order valence-corrected chi connectivity index (χ3v) is 2.37. The van der Waals surface area contributed by atoms with E-state index in [2.05, 4.69) is 20.6 Å². The molecule has 1 aromatic rings. The van der Waals surface area contributed by atoms with E-state index in [-0.39, 0.29) is 6.61 Å². The minimum atomic E-state index is 0.261. The van der Waals surface area contributed by atoms with Gasteiger partial charge in [0.25, 0.3) is 0 Å². The van der Waals surface area contributed by atoms with Crippen LogP contribution in [0.15, 0.2) is 12.3 Å². The van der Waals surface area contributed by atoms with E-state index in [9.17, 15) is 0 Å². The summed E-state index contributed by atoms with van der Waals surface area (Å²) in [6, 6.07) is 1.84. The van der Waals surface area contributed by atoms with Gasteiger partial charge in [-0.2, -0.15) is 4.98 Å². The monoisotopic (exact) mass is 224 g/mol. The Morgan fingerprint density at radius 2 is 2.31 bits per heavy atom. The van der Waals surface area contributed by atoms with E-state index in [0.717, 1.165) is 25.2 Å². The number of aliphatic hydroxyl groups is 1. The van der Waals surface area contributed by atoms with E-state index in [1.807, 2.05) is 13.0 Å². The molecule has 0 spiro atoms. The second-order valence-corrected chi connectivity index (χ2v) is 3.87. The maximum Gasteiger partial charge on any atom is 0.224 e. The minimum Gasteiger partial charge on any atom is -0.396 e. The van der Waals surface area contributed by atoms with Crippen molar-refractivity contribution < 1.29 is 5.11 Å². The summed E-state index contributed by atoms with van der Waals surface area (Å²) in [6.07, 6.45) is 3.77. The first-order valence-electron chi connectivity index (χ1n) is 5.61. The molecule has 0 aliphatic heterocycles. The lowest BCUT2D eigenvalue weighted by Gasteiger charge is -2.09. The average Bonchev–Trinajstić information content (AvgIpc) is 2.34. The predicted molar refractivity (Wildman–Crippen MR) is 65.6 cm³/mol. The van der Waals surface area contributed by atoms with Gasteiger partial charge in [-0.1, -0.05) is 6.92 Å². The van der Waals surface area contributed by atoms with Crippen molar-refractivity contribution in [2.75, 3.05) is 30.8 Å². The Morgan fingerprint density at radius 1 is 1.50 bits per heavy atom. The van der Waals surface area contributed by atoms with Gasteiger partial charge in [0.2, 0.25) is 5.95 Å². The van der Waals surface area contributed by atoms with E-state index < -0.39 is 0 Å². The summed E-state index contributed by atoms with van der Waals surface area (Å²) in [5.74, 6) is 1.82. The van der Waals surface area contributed by atoms with E-state index >= 15 is 0 Å². The molecule has 1 atom stereocenters. The van der Waals surface area contributed by atoms with Crippen LogP contribution in [0.3, 0.4) is 0 Å². The molecule has 1 aromatic heterocycles. The fourth-order valence-corrected chi connectivity index (χ4v) is 1.34. The molecule has 90 valence electrons. The summed E-state index contributed by atoms with van der Waals surface area (Å²) in [4.78, 5) is 8.28. The highest BCUT2D eigenvalue weighted by atomic mass is 16.3. The van der Waals surface area contributed by atoms with Crippen molar-refractivity contribution in [2.45, 2.75) is 19.8 Å². The first-order valence-corrected chi connectivity index (χ1v) is 5.61. The highest BCUT2D eigenvalue weighted by Gasteiger charge is 2.00. The average molecular weight is 224 g/mol. The van der Waals surface area contributed by atoms with Gasteiger partial charge in [-0.15, -0.1) is 0 Å². The zero-order valence-corrected chi connectivity index (χ0v) is 9.90. The molecule has 5 heteroatoms. The Morgan fingerprint density at radius 3 is 3.00 bits per heavy atom. The third-order valence-electron chi connectivity index (χ3n) is 2.37. The van der Waals surface area contributed by atoms with Crippen LogP contribution in [0.1, 0.15) is 19.8 Å². The first kappa shape index (κ1) is 12.7. The Balaban J connectivity index is 2.26. The molecule has 1 rings (SSSR count). The van der Waals surface area contributed by atoms with Gasteiger partial charge in [0.05, 0.1) is 0 Å². The molecular weight excluding hydrogens is 204 g/mol. The zero-order chi connectivity index (χ0) is 11.8. The summed E-state index contributed by atoms with van der Waals surface area (Å²) >= 11 is 0. The van der Waals surface area contributed by atoms with Gasteiger partial charge in [0.1, 0.15) is 5.82 Å². The summed E-state index contributed by atoms with van der Waals surface area (Å²) < 4.78 is 0. The molecule has 0 aromatic carbocycles. The van der Waals surface area contributed by atoms with E-state index in [1.54, 1.807) is 13.2 Å². The van der Waals surface area contributed by atoms with Crippen molar-refractivity contribution >= 4 is 11.8 Å². The standard InChI is InChI=1S/C11H20N4O/c1-9(8-16)4-3-6-13-10-5-7-14-11(12-2)15-10/h5,7,9,16H,3-4,6,8H2,1-2H3,(H2,12,13,14,15). The molecule has 5 nitrogen and oxygen atoms in total. The maximum atomic E-state index is 8.87. The predicted octanol–water partition coefficient (Wildman–Crippen LogP) is 1.34. The van der Waals surface area contributed by atoms with Crippen molar-refractivity contribution in [3.63, 3.8) is 0 Å². The second kappa shape index (κ2) is 7.00. The van der Waals surface area contributed by atoms with Crippen molar-refractivity contribution in [3.8, 4) is 0 Å². The Hall–Kier alpha value is -1.36. The van der Waals surface area contributed by atoms with Gasteiger partial charge in [0.15, 0.2) is 0 Å². The lowest BCUT2D eigenvalue weighted by atomic mass is 10.1. The number of hydrogen-bond donors (Lipinski definition) is 3. The van der Waals surface area contributed by atoms with E-state index in [4.69, 9.17) is 5.11 Å². The topological polar surface area (TPSA) is 70.1 Å². The van der Waals surface area contributed by atoms with Gasteiger partial charge < -0.3 is 15.7 Å². The van der Waals surface area contributed by atoms with Crippen LogP contribution in [0.25, 0.3) is 0 Å². The van der Waals surface area contributed by atoms with Crippen LogP contribution in [0.2, 0.25) is 0 Å². The van der Waals surface area contributed by atoms with Gasteiger partial charge in [-0.3, -0.25) is 0 Å². The summed E-state index contributed by atoms with van der Waals surface area (Å²) in [5.41, 5.74) is 0. The smallest absolute Gasteiger partial charge is 0.224 e. The van der Waals surface area contributed by atoms with Crippen LogP contribution in [0.5, 0.6) is 0 Å². The van der Waals surface area contributed by atoms with Crippen LogP contribution in [-0.2, 0) is 0 Å². The zero-order valence-electron chi connectivity index (χ0n) is 9.90. The molecule has 0 bridgehead atoms. The van der Waals surface area contributed by atoms with E-state index in [0.29, 0.717) is 11.9 Å². The lowest BCUT2D eigenvalue weighted by Crippen LogP contribution is -2.08. The molecule has 16 heavy (non-hydrogen) atoms. The van der Waals surface area contributed by atoms with Gasteiger partial charge in [0, 0.05) is 26.4 Å². The maximum absolute atomic E-state index is 8.87. The number of aromatic nitrogens is 2. The summed E-state index contributed by atoms with van der Waals surface area (Å²) in [5, 5.41) is 15.0. The summed E-state index contributed by atoms with van der Waals surface area (Å²) in [7, 11) is 1.79. The van der Waals surface area contributed by atoms with Crippen molar-refractivity contribution in [3.05, 3.63) is 12.3 Å². The second-order valence-electron chi connectivity index (χ2n) is 3.87. The first-order chi connectivity index (χ1) is 7.76. The van der Waals surface area contributed by atoms with Gasteiger partial charge in [-0.25, -0.2) is 4.98 Å². The van der Waals surface area contributed by atoms with Crippen LogP contribution < -0.4 is 10.6 Å². The molecule has 0 saturated carbocycles. The molecule has 0 saturated heterocycles. The molecule has 0 aliphatic carbocycles. The van der Waals surface area contributed by atoms with Crippen molar-refractivity contribution in [1.29, 1.82) is 0 Å². The SMILES string of the molecule is CNc1nccc(NCCCC(C)CO)n1. The number of hydrogen-bond acceptors (Lipinski definition) is 5. The fraction of sp³-hybridized carbons (Fsp3) is 0.636. The summed E-state index contributed by atoms with van der Waals surface area (Å²) in [6.45, 7) is 3.17.